The van der Waals surface area contributed by atoms with Gasteiger partial charge in [0.05, 0.1) is 13.1 Å². The largest absolute Gasteiger partial charge is 0.486 e. The Morgan fingerprint density at radius 2 is 1.66 bits per heavy atom. The number of amides is 2. The van der Waals surface area contributed by atoms with Crippen molar-refractivity contribution in [2.75, 3.05) is 64.3 Å². The number of ether oxygens (including phenoxy) is 2. The lowest BCUT2D eigenvalue weighted by Crippen LogP contribution is -2.51. The summed E-state index contributed by atoms with van der Waals surface area (Å²) in [6, 6.07) is 7.57. The van der Waals surface area contributed by atoms with Gasteiger partial charge >= 0.3 is 0 Å². The standard InChI is InChI=1S/C22H29N5O5/c1-16-12-20(25-32-16)24-22(29)15-27-8-6-26(7-9-27)14-21(28)23-5-4-17-2-3-18-19(13-17)31-11-10-30-18/h2-3,12-13H,4-11,14-15H2,1H3,(H,23,28)(H,24,25,29). The van der Waals surface area contributed by atoms with E-state index in [2.05, 4.69) is 25.6 Å². The fourth-order valence-electron chi connectivity index (χ4n) is 3.76. The molecule has 2 aromatic rings. The molecule has 1 aromatic heterocycles. The number of nitrogens with zero attached hydrogens (tertiary/aromatic N) is 3. The average Bonchev–Trinajstić information content (AvgIpc) is 3.19. The zero-order valence-electron chi connectivity index (χ0n) is 18.3. The predicted octanol–water partition coefficient (Wildman–Crippen LogP) is 0.669. The van der Waals surface area contributed by atoms with Crippen LogP contribution in [0, 0.1) is 6.92 Å². The van der Waals surface area contributed by atoms with Crippen molar-refractivity contribution < 1.29 is 23.6 Å². The number of carbonyl (C=O) groups excluding carboxylic acids is 2. The van der Waals surface area contributed by atoms with Crippen molar-refractivity contribution >= 4 is 17.6 Å². The number of anilines is 1. The molecule has 0 bridgehead atoms. The molecule has 10 heteroatoms. The van der Waals surface area contributed by atoms with E-state index >= 15 is 0 Å². The first-order valence-corrected chi connectivity index (χ1v) is 10.9. The van der Waals surface area contributed by atoms with Crippen LogP contribution < -0.4 is 20.1 Å². The van der Waals surface area contributed by atoms with Crippen molar-refractivity contribution in [3.8, 4) is 11.5 Å². The maximum Gasteiger partial charge on any atom is 0.239 e. The van der Waals surface area contributed by atoms with Crippen LogP contribution in [0.3, 0.4) is 0 Å². The van der Waals surface area contributed by atoms with Crippen LogP contribution in [0.1, 0.15) is 11.3 Å². The minimum absolute atomic E-state index is 0.00939. The molecule has 172 valence electrons. The van der Waals surface area contributed by atoms with Gasteiger partial charge in [0.25, 0.3) is 0 Å². The van der Waals surface area contributed by atoms with Crippen LogP contribution in [0.5, 0.6) is 11.5 Å². The second-order valence-electron chi connectivity index (χ2n) is 8.00. The van der Waals surface area contributed by atoms with Gasteiger partial charge in [-0.05, 0) is 31.0 Å². The Balaban J connectivity index is 1.11. The summed E-state index contributed by atoms with van der Waals surface area (Å²) in [5, 5.41) is 9.48. The molecule has 2 amide bonds. The van der Waals surface area contributed by atoms with Crippen LogP contribution in [0.4, 0.5) is 5.82 Å². The summed E-state index contributed by atoms with van der Waals surface area (Å²) >= 11 is 0. The monoisotopic (exact) mass is 443 g/mol. The van der Waals surface area contributed by atoms with Crippen LogP contribution in [0.15, 0.2) is 28.8 Å². The van der Waals surface area contributed by atoms with Crippen molar-refractivity contribution in [2.24, 2.45) is 0 Å². The Morgan fingerprint density at radius 3 is 2.34 bits per heavy atom. The Bertz CT molecular complexity index is 939. The predicted molar refractivity (Wildman–Crippen MR) is 117 cm³/mol. The second-order valence-corrected chi connectivity index (χ2v) is 8.00. The molecular formula is C22H29N5O5. The Kier molecular flexibility index (Phi) is 7.23. The number of fused-ring (bicyclic) bond motifs is 1. The van der Waals surface area contributed by atoms with Crippen LogP contribution in [0.2, 0.25) is 0 Å². The molecule has 0 atom stereocenters. The van der Waals surface area contributed by atoms with Gasteiger partial charge in [0.15, 0.2) is 17.3 Å². The van der Waals surface area contributed by atoms with Gasteiger partial charge < -0.3 is 24.6 Å². The van der Waals surface area contributed by atoms with E-state index in [0.29, 0.717) is 44.4 Å². The molecule has 1 aromatic carbocycles. The van der Waals surface area contributed by atoms with Crippen molar-refractivity contribution in [3.63, 3.8) is 0 Å². The summed E-state index contributed by atoms with van der Waals surface area (Å²) in [5.41, 5.74) is 1.10. The number of hydrogen-bond donors (Lipinski definition) is 2. The van der Waals surface area contributed by atoms with Gasteiger partial charge in [-0.3, -0.25) is 19.4 Å². The summed E-state index contributed by atoms with van der Waals surface area (Å²) in [6.07, 6.45) is 0.732. The SMILES string of the molecule is Cc1cc(NC(=O)CN2CCN(CC(=O)NCCc3ccc4c(c3)OCCO4)CC2)no1. The van der Waals surface area contributed by atoms with Crippen molar-refractivity contribution in [3.05, 3.63) is 35.6 Å². The van der Waals surface area contributed by atoms with Crippen molar-refractivity contribution in [1.82, 2.24) is 20.3 Å². The zero-order chi connectivity index (χ0) is 22.3. The number of aryl methyl sites for hydroxylation is 1. The molecule has 3 heterocycles. The van der Waals surface area contributed by atoms with Gasteiger partial charge in [-0.15, -0.1) is 0 Å². The first kappa shape index (κ1) is 22.1. The highest BCUT2D eigenvalue weighted by molar-refractivity contribution is 5.91. The lowest BCUT2D eigenvalue weighted by Gasteiger charge is -2.33. The van der Waals surface area contributed by atoms with E-state index in [0.717, 1.165) is 49.7 Å². The number of piperazine rings is 1. The average molecular weight is 444 g/mol. The fraction of sp³-hybridized carbons (Fsp3) is 0.500. The number of aromatic nitrogens is 1. The smallest absolute Gasteiger partial charge is 0.239 e. The van der Waals surface area contributed by atoms with Gasteiger partial charge in [-0.1, -0.05) is 11.2 Å². The maximum atomic E-state index is 12.3. The van der Waals surface area contributed by atoms with E-state index in [9.17, 15) is 9.59 Å². The summed E-state index contributed by atoms with van der Waals surface area (Å²) < 4.78 is 16.1. The Labute approximate surface area is 186 Å². The number of nitrogens with one attached hydrogen (secondary N) is 2. The highest BCUT2D eigenvalue weighted by Crippen LogP contribution is 2.30. The van der Waals surface area contributed by atoms with Crippen molar-refractivity contribution in [1.29, 1.82) is 0 Å². The third-order valence-corrected chi connectivity index (χ3v) is 5.44. The van der Waals surface area contributed by atoms with Gasteiger partial charge in [-0.25, -0.2) is 0 Å². The Hall–Kier alpha value is -3.11. The molecular weight excluding hydrogens is 414 g/mol. The van der Waals surface area contributed by atoms with E-state index in [1.54, 1.807) is 13.0 Å². The lowest BCUT2D eigenvalue weighted by atomic mass is 10.1. The van der Waals surface area contributed by atoms with E-state index in [4.69, 9.17) is 14.0 Å². The first-order valence-electron chi connectivity index (χ1n) is 10.9. The van der Waals surface area contributed by atoms with E-state index < -0.39 is 0 Å². The van der Waals surface area contributed by atoms with Gasteiger partial charge in [0.2, 0.25) is 11.8 Å². The summed E-state index contributed by atoms with van der Waals surface area (Å²) in [4.78, 5) is 28.6. The molecule has 0 unspecified atom stereocenters. The van der Waals surface area contributed by atoms with E-state index in [1.165, 1.54) is 0 Å². The number of benzene rings is 1. The maximum absolute atomic E-state index is 12.3. The number of hydrogen-bond acceptors (Lipinski definition) is 8. The van der Waals surface area contributed by atoms with Gasteiger partial charge in [0, 0.05) is 38.8 Å². The normalized spacial score (nSPS) is 16.5. The summed E-state index contributed by atoms with van der Waals surface area (Å²) in [6.45, 7) is 7.08. The molecule has 2 aliphatic heterocycles. The molecule has 2 N–H and O–H groups in total. The molecule has 0 spiro atoms. The molecule has 0 aliphatic carbocycles. The van der Waals surface area contributed by atoms with Crippen LogP contribution in [-0.2, 0) is 16.0 Å². The second kappa shape index (κ2) is 10.5. The molecule has 2 aliphatic rings. The molecule has 10 nitrogen and oxygen atoms in total. The topological polar surface area (TPSA) is 109 Å². The summed E-state index contributed by atoms with van der Waals surface area (Å²) in [5.74, 6) is 2.51. The van der Waals surface area contributed by atoms with Crippen LogP contribution >= 0.6 is 0 Å². The molecule has 1 saturated heterocycles. The minimum Gasteiger partial charge on any atom is -0.486 e. The highest BCUT2D eigenvalue weighted by Gasteiger charge is 2.21. The molecule has 32 heavy (non-hydrogen) atoms. The number of carbonyl (C=O) groups is 2. The molecule has 0 radical (unpaired) electrons. The van der Waals surface area contributed by atoms with E-state index in [1.807, 2.05) is 18.2 Å². The third kappa shape index (κ3) is 6.21. The first-order chi connectivity index (χ1) is 15.5. The van der Waals surface area contributed by atoms with Gasteiger partial charge in [0.1, 0.15) is 19.0 Å². The van der Waals surface area contributed by atoms with Crippen molar-refractivity contribution in [2.45, 2.75) is 13.3 Å². The highest BCUT2D eigenvalue weighted by atomic mass is 16.6. The van der Waals surface area contributed by atoms with E-state index in [-0.39, 0.29) is 11.8 Å². The molecule has 1 fully saturated rings. The Morgan fingerprint density at radius 1 is 0.969 bits per heavy atom. The fourth-order valence-corrected chi connectivity index (χ4v) is 3.76. The van der Waals surface area contributed by atoms with Gasteiger partial charge in [-0.2, -0.15) is 0 Å². The van der Waals surface area contributed by atoms with Crippen LogP contribution in [0.25, 0.3) is 0 Å². The van der Waals surface area contributed by atoms with Crippen LogP contribution in [-0.4, -0.2) is 85.8 Å². The minimum atomic E-state index is -0.122. The zero-order valence-corrected chi connectivity index (χ0v) is 18.3. The lowest BCUT2D eigenvalue weighted by molar-refractivity contribution is -0.123. The quantitative estimate of drug-likeness (QED) is 0.613. The number of rotatable bonds is 8. The summed E-state index contributed by atoms with van der Waals surface area (Å²) in [7, 11) is 0. The third-order valence-electron chi connectivity index (χ3n) is 5.44. The molecule has 4 rings (SSSR count). The molecule has 0 saturated carbocycles.